The largest absolute Gasteiger partial charge is 0.336 e. The van der Waals surface area contributed by atoms with E-state index in [1.807, 2.05) is 0 Å². The van der Waals surface area contributed by atoms with E-state index in [2.05, 4.69) is 10.2 Å². The maximum atomic E-state index is 12.9. The maximum Gasteiger partial charge on any atom is 0.274 e. The number of nitrogens with zero attached hydrogens (tertiary/aromatic N) is 2. The normalized spacial score (nSPS) is 25.0. The van der Waals surface area contributed by atoms with Gasteiger partial charge in [-0.2, -0.15) is 5.10 Å². The summed E-state index contributed by atoms with van der Waals surface area (Å²) in [5, 5.41) is 6.77. The number of carbonyl (C=O) groups is 1. The summed E-state index contributed by atoms with van der Waals surface area (Å²) in [5.41, 5.74) is 2.58. The first-order chi connectivity index (χ1) is 10.9. The topological polar surface area (TPSA) is 83.1 Å². The average Bonchev–Trinajstić information content (AvgIpc) is 2.96. The zero-order valence-corrected chi connectivity index (χ0v) is 14.7. The van der Waals surface area contributed by atoms with Gasteiger partial charge >= 0.3 is 0 Å². The summed E-state index contributed by atoms with van der Waals surface area (Å²) in [4.78, 5) is 14.5. The highest BCUT2D eigenvalue weighted by atomic mass is 32.2. The van der Waals surface area contributed by atoms with Crippen LogP contribution in [0.3, 0.4) is 0 Å². The Morgan fingerprint density at radius 3 is 2.61 bits per heavy atom. The second-order valence-electron chi connectivity index (χ2n) is 6.87. The Morgan fingerprint density at radius 1 is 1.17 bits per heavy atom. The van der Waals surface area contributed by atoms with Gasteiger partial charge in [0.2, 0.25) is 0 Å². The quantitative estimate of drug-likeness (QED) is 0.909. The molecule has 1 saturated carbocycles. The zero-order chi connectivity index (χ0) is 16.6. The van der Waals surface area contributed by atoms with Gasteiger partial charge in [-0.1, -0.05) is 12.8 Å². The van der Waals surface area contributed by atoms with Crippen LogP contribution in [0.5, 0.6) is 0 Å². The van der Waals surface area contributed by atoms with E-state index < -0.39 is 15.1 Å². The third-order valence-corrected chi connectivity index (χ3v) is 6.94. The molecule has 1 aromatic rings. The van der Waals surface area contributed by atoms with Crippen LogP contribution in [-0.2, 0) is 22.7 Å². The summed E-state index contributed by atoms with van der Waals surface area (Å²) >= 11 is 0. The molecule has 3 rings (SSSR count). The molecule has 7 heteroatoms. The summed E-state index contributed by atoms with van der Waals surface area (Å²) < 4.78 is 24.2. The Balaban J connectivity index is 1.85. The van der Waals surface area contributed by atoms with Crippen molar-refractivity contribution >= 4 is 15.7 Å². The number of carbonyl (C=O) groups excluding carboxylic acids is 1. The molecule has 1 N–H and O–H groups in total. The Hall–Kier alpha value is -1.37. The van der Waals surface area contributed by atoms with Gasteiger partial charge in [0.05, 0.1) is 5.25 Å². The summed E-state index contributed by atoms with van der Waals surface area (Å²) in [6, 6.07) is -0.248. The molecule has 2 aliphatic rings. The number of nitrogens with one attached hydrogen (secondary N) is 1. The molecule has 2 aliphatic carbocycles. The van der Waals surface area contributed by atoms with Crippen LogP contribution in [0.25, 0.3) is 0 Å². The summed E-state index contributed by atoms with van der Waals surface area (Å²) in [5.74, 6) is -0.148. The predicted octanol–water partition coefficient (Wildman–Crippen LogP) is 1.72. The summed E-state index contributed by atoms with van der Waals surface area (Å²) in [7, 11) is -1.44. The van der Waals surface area contributed by atoms with Gasteiger partial charge in [-0.15, -0.1) is 0 Å². The van der Waals surface area contributed by atoms with Crippen LogP contribution in [0.1, 0.15) is 60.3 Å². The standard InChI is InChI=1S/C16H25N3O3S/c1-19(13-9-5-6-10-14(13)23(2,21)22)16(20)15-11-7-3-4-8-12(11)17-18-15/h13-14H,3-10H2,1-2H3,(H,17,18)/t13-,14-/m0/s1. The fourth-order valence-electron chi connectivity index (χ4n) is 4.00. The third kappa shape index (κ3) is 3.16. The lowest BCUT2D eigenvalue weighted by atomic mass is 9.92. The van der Waals surface area contributed by atoms with Crippen molar-refractivity contribution in [2.75, 3.05) is 13.3 Å². The molecule has 23 heavy (non-hydrogen) atoms. The number of rotatable bonds is 3. The molecular formula is C16H25N3O3S. The summed E-state index contributed by atoms with van der Waals surface area (Å²) in [6.07, 6.45) is 8.55. The number of fused-ring (bicyclic) bond motifs is 1. The van der Waals surface area contributed by atoms with Gasteiger partial charge in [-0.3, -0.25) is 9.89 Å². The maximum absolute atomic E-state index is 12.9. The lowest BCUT2D eigenvalue weighted by Gasteiger charge is -2.36. The van der Waals surface area contributed by atoms with Gasteiger partial charge < -0.3 is 4.90 Å². The van der Waals surface area contributed by atoms with Crippen molar-refractivity contribution < 1.29 is 13.2 Å². The smallest absolute Gasteiger partial charge is 0.274 e. The van der Waals surface area contributed by atoms with Crippen LogP contribution < -0.4 is 0 Å². The van der Waals surface area contributed by atoms with Crippen molar-refractivity contribution in [2.45, 2.75) is 62.7 Å². The fraction of sp³-hybridized carbons (Fsp3) is 0.750. The minimum Gasteiger partial charge on any atom is -0.336 e. The Bertz CT molecular complexity index is 695. The van der Waals surface area contributed by atoms with E-state index in [1.54, 1.807) is 11.9 Å². The molecule has 0 spiro atoms. The van der Waals surface area contributed by atoms with Crippen LogP contribution in [0.15, 0.2) is 0 Å². The van der Waals surface area contributed by atoms with Crippen molar-refractivity contribution in [1.29, 1.82) is 0 Å². The second kappa shape index (κ2) is 6.26. The highest BCUT2D eigenvalue weighted by molar-refractivity contribution is 7.91. The van der Waals surface area contributed by atoms with Crippen molar-refractivity contribution in [3.05, 3.63) is 17.0 Å². The van der Waals surface area contributed by atoms with Gasteiger partial charge in [0.25, 0.3) is 5.91 Å². The minimum absolute atomic E-state index is 0.148. The Morgan fingerprint density at radius 2 is 1.87 bits per heavy atom. The molecule has 2 atom stereocenters. The van der Waals surface area contributed by atoms with Gasteiger partial charge in [0.1, 0.15) is 0 Å². The van der Waals surface area contributed by atoms with Crippen LogP contribution in [0.2, 0.25) is 0 Å². The number of hydrogen-bond acceptors (Lipinski definition) is 4. The van der Waals surface area contributed by atoms with Crippen LogP contribution >= 0.6 is 0 Å². The average molecular weight is 339 g/mol. The second-order valence-corrected chi connectivity index (χ2v) is 9.14. The van der Waals surface area contributed by atoms with Gasteiger partial charge in [-0.05, 0) is 38.5 Å². The molecule has 128 valence electrons. The van der Waals surface area contributed by atoms with Crippen molar-refractivity contribution in [1.82, 2.24) is 15.1 Å². The highest BCUT2D eigenvalue weighted by Gasteiger charge is 2.38. The molecule has 6 nitrogen and oxygen atoms in total. The zero-order valence-electron chi connectivity index (χ0n) is 13.8. The molecule has 0 radical (unpaired) electrons. The molecule has 1 heterocycles. The highest BCUT2D eigenvalue weighted by Crippen LogP contribution is 2.29. The SMILES string of the molecule is CN(C(=O)c1n[nH]c2c1CCCC2)[C@H]1CCCC[C@@H]1S(C)(=O)=O. The van der Waals surface area contributed by atoms with Gasteiger partial charge in [-0.25, -0.2) is 8.42 Å². The molecule has 1 amide bonds. The number of H-pyrrole nitrogens is 1. The number of sulfone groups is 1. The van der Waals surface area contributed by atoms with Crippen LogP contribution in [0.4, 0.5) is 0 Å². The molecule has 1 fully saturated rings. The number of aromatic nitrogens is 2. The van der Waals surface area contributed by atoms with Crippen LogP contribution in [0, 0.1) is 0 Å². The number of amides is 1. The van der Waals surface area contributed by atoms with E-state index in [-0.39, 0.29) is 11.9 Å². The van der Waals surface area contributed by atoms with Gasteiger partial charge in [0, 0.05) is 30.6 Å². The lowest BCUT2D eigenvalue weighted by molar-refractivity contribution is 0.0693. The Kier molecular flexibility index (Phi) is 4.49. The van der Waals surface area contributed by atoms with E-state index in [9.17, 15) is 13.2 Å². The van der Waals surface area contributed by atoms with Gasteiger partial charge in [0.15, 0.2) is 15.5 Å². The molecule has 1 aromatic heterocycles. The van der Waals surface area contributed by atoms with E-state index in [4.69, 9.17) is 0 Å². The number of aromatic amines is 1. The first-order valence-corrected chi connectivity index (χ1v) is 10.4. The first-order valence-electron chi connectivity index (χ1n) is 8.41. The first kappa shape index (κ1) is 16.5. The molecule has 0 aliphatic heterocycles. The molecule has 0 bridgehead atoms. The summed E-state index contributed by atoms with van der Waals surface area (Å²) in [6.45, 7) is 0. The lowest BCUT2D eigenvalue weighted by Crippen LogP contribution is -2.49. The van der Waals surface area contributed by atoms with E-state index in [0.717, 1.165) is 56.2 Å². The van der Waals surface area contributed by atoms with E-state index in [0.29, 0.717) is 12.1 Å². The molecule has 0 unspecified atom stereocenters. The third-order valence-electron chi connectivity index (χ3n) is 5.29. The molecule has 0 aromatic carbocycles. The number of hydrogen-bond donors (Lipinski definition) is 1. The monoisotopic (exact) mass is 339 g/mol. The molecular weight excluding hydrogens is 314 g/mol. The van der Waals surface area contributed by atoms with Crippen molar-refractivity contribution in [3.63, 3.8) is 0 Å². The van der Waals surface area contributed by atoms with E-state index >= 15 is 0 Å². The van der Waals surface area contributed by atoms with Crippen molar-refractivity contribution in [3.8, 4) is 0 Å². The predicted molar refractivity (Wildman–Crippen MR) is 88.2 cm³/mol. The number of aryl methyl sites for hydroxylation is 1. The van der Waals surface area contributed by atoms with Crippen LogP contribution in [-0.4, -0.2) is 54.0 Å². The van der Waals surface area contributed by atoms with E-state index in [1.165, 1.54) is 6.26 Å². The van der Waals surface area contributed by atoms with Crippen molar-refractivity contribution in [2.24, 2.45) is 0 Å². The minimum atomic E-state index is -3.16. The fourth-order valence-corrected chi connectivity index (χ4v) is 5.48. The molecule has 0 saturated heterocycles. The Labute approximate surface area is 137 Å².